The molecule has 2 saturated heterocycles. The third-order valence-electron chi connectivity index (χ3n) is 3.95. The number of hydrogen-bond donors (Lipinski definition) is 2. The molecule has 0 saturated carbocycles. The molecular formula is C13H20N4O. The van der Waals surface area contributed by atoms with E-state index >= 15 is 0 Å². The summed E-state index contributed by atoms with van der Waals surface area (Å²) in [5.74, 6) is 0.142. The summed E-state index contributed by atoms with van der Waals surface area (Å²) in [5, 5.41) is 10.6. The molecule has 5 nitrogen and oxygen atoms in total. The standard InChI is InChI=1S/C13H20N4O/c18-13(17-7-3-4-8-17)10-9-15-16-12(10)11-5-1-2-6-14-11/h9,11,14H,1-8H2,(H,15,16)/t11-/m1/s1. The monoisotopic (exact) mass is 248 g/mol. The molecule has 18 heavy (non-hydrogen) atoms. The summed E-state index contributed by atoms with van der Waals surface area (Å²) in [6.07, 6.45) is 7.46. The first-order chi connectivity index (χ1) is 8.86. The van der Waals surface area contributed by atoms with Crippen molar-refractivity contribution in [2.24, 2.45) is 0 Å². The zero-order valence-corrected chi connectivity index (χ0v) is 10.6. The van der Waals surface area contributed by atoms with Crippen LogP contribution in [0.2, 0.25) is 0 Å². The molecule has 1 aromatic heterocycles. The van der Waals surface area contributed by atoms with Crippen molar-refractivity contribution >= 4 is 5.91 Å². The quantitative estimate of drug-likeness (QED) is 0.833. The van der Waals surface area contributed by atoms with Gasteiger partial charge in [-0.1, -0.05) is 6.42 Å². The number of aromatic amines is 1. The third kappa shape index (κ3) is 2.14. The predicted molar refractivity (Wildman–Crippen MR) is 68.3 cm³/mol. The number of aromatic nitrogens is 2. The number of hydrogen-bond acceptors (Lipinski definition) is 3. The topological polar surface area (TPSA) is 61.0 Å². The minimum absolute atomic E-state index is 0.142. The van der Waals surface area contributed by atoms with Crippen molar-refractivity contribution in [3.05, 3.63) is 17.5 Å². The molecular weight excluding hydrogens is 228 g/mol. The van der Waals surface area contributed by atoms with Crippen molar-refractivity contribution in [1.29, 1.82) is 0 Å². The average Bonchev–Trinajstić information content (AvgIpc) is 3.10. The van der Waals surface area contributed by atoms with Crippen LogP contribution in [0.15, 0.2) is 6.20 Å². The van der Waals surface area contributed by atoms with Gasteiger partial charge in [-0.15, -0.1) is 0 Å². The Bertz CT molecular complexity index is 416. The Morgan fingerprint density at radius 1 is 1.28 bits per heavy atom. The lowest BCUT2D eigenvalue weighted by molar-refractivity contribution is 0.0790. The summed E-state index contributed by atoms with van der Waals surface area (Å²) in [6.45, 7) is 2.81. The van der Waals surface area contributed by atoms with E-state index < -0.39 is 0 Å². The van der Waals surface area contributed by atoms with Crippen molar-refractivity contribution in [1.82, 2.24) is 20.4 Å². The molecule has 98 valence electrons. The molecule has 5 heteroatoms. The van der Waals surface area contributed by atoms with Gasteiger partial charge in [-0.25, -0.2) is 0 Å². The van der Waals surface area contributed by atoms with E-state index in [-0.39, 0.29) is 11.9 Å². The number of likely N-dealkylation sites (tertiary alicyclic amines) is 1. The highest BCUT2D eigenvalue weighted by molar-refractivity contribution is 5.95. The molecule has 2 aliphatic rings. The molecule has 0 unspecified atom stereocenters. The summed E-state index contributed by atoms with van der Waals surface area (Å²) in [4.78, 5) is 14.4. The Kier molecular flexibility index (Phi) is 3.32. The smallest absolute Gasteiger partial charge is 0.257 e. The lowest BCUT2D eigenvalue weighted by Crippen LogP contribution is -2.32. The highest BCUT2D eigenvalue weighted by atomic mass is 16.2. The van der Waals surface area contributed by atoms with E-state index in [0.717, 1.165) is 50.2 Å². The zero-order chi connectivity index (χ0) is 12.4. The van der Waals surface area contributed by atoms with Crippen molar-refractivity contribution < 1.29 is 4.79 Å². The molecule has 3 rings (SSSR count). The minimum atomic E-state index is 0.142. The molecule has 3 heterocycles. The van der Waals surface area contributed by atoms with Gasteiger partial charge in [-0.05, 0) is 32.2 Å². The Labute approximate surface area is 107 Å². The first-order valence-corrected chi connectivity index (χ1v) is 6.92. The molecule has 0 spiro atoms. The van der Waals surface area contributed by atoms with Crippen LogP contribution >= 0.6 is 0 Å². The van der Waals surface area contributed by atoms with Gasteiger partial charge in [0.1, 0.15) is 0 Å². The molecule has 0 radical (unpaired) electrons. The molecule has 1 aromatic rings. The van der Waals surface area contributed by atoms with Crippen LogP contribution in [0.5, 0.6) is 0 Å². The van der Waals surface area contributed by atoms with E-state index in [0.29, 0.717) is 0 Å². The molecule has 2 aliphatic heterocycles. The van der Waals surface area contributed by atoms with Gasteiger partial charge in [-0.3, -0.25) is 9.89 Å². The van der Waals surface area contributed by atoms with Gasteiger partial charge in [0.05, 0.1) is 17.5 Å². The van der Waals surface area contributed by atoms with Crippen molar-refractivity contribution in [2.45, 2.75) is 38.1 Å². The van der Waals surface area contributed by atoms with Crippen LogP contribution < -0.4 is 5.32 Å². The number of carbonyl (C=O) groups is 1. The number of nitrogens with one attached hydrogen (secondary N) is 2. The van der Waals surface area contributed by atoms with E-state index in [1.807, 2.05) is 4.90 Å². The van der Waals surface area contributed by atoms with E-state index in [2.05, 4.69) is 15.5 Å². The maximum Gasteiger partial charge on any atom is 0.257 e. The maximum atomic E-state index is 12.4. The fraction of sp³-hybridized carbons (Fsp3) is 0.692. The van der Waals surface area contributed by atoms with Gasteiger partial charge in [0.15, 0.2) is 0 Å². The van der Waals surface area contributed by atoms with Gasteiger partial charge < -0.3 is 10.2 Å². The highest BCUT2D eigenvalue weighted by Crippen LogP contribution is 2.25. The lowest BCUT2D eigenvalue weighted by Gasteiger charge is -2.24. The van der Waals surface area contributed by atoms with Crippen LogP contribution in [0.3, 0.4) is 0 Å². The van der Waals surface area contributed by atoms with Crippen LogP contribution in [0, 0.1) is 0 Å². The lowest BCUT2D eigenvalue weighted by atomic mass is 9.99. The van der Waals surface area contributed by atoms with Gasteiger partial charge in [-0.2, -0.15) is 5.10 Å². The highest BCUT2D eigenvalue weighted by Gasteiger charge is 2.27. The summed E-state index contributed by atoms with van der Waals surface area (Å²) in [6, 6.07) is 0.266. The second kappa shape index (κ2) is 5.10. The van der Waals surface area contributed by atoms with Gasteiger partial charge in [0.2, 0.25) is 0 Å². The minimum Gasteiger partial charge on any atom is -0.339 e. The summed E-state index contributed by atoms with van der Waals surface area (Å²) < 4.78 is 0. The van der Waals surface area contributed by atoms with E-state index in [4.69, 9.17) is 0 Å². The largest absolute Gasteiger partial charge is 0.339 e. The number of amides is 1. The van der Waals surface area contributed by atoms with Gasteiger partial charge in [0.25, 0.3) is 5.91 Å². The van der Waals surface area contributed by atoms with Gasteiger partial charge >= 0.3 is 0 Å². The van der Waals surface area contributed by atoms with Crippen LogP contribution in [0.25, 0.3) is 0 Å². The number of piperidine rings is 1. The first kappa shape index (κ1) is 11.7. The van der Waals surface area contributed by atoms with Crippen LogP contribution in [0.4, 0.5) is 0 Å². The van der Waals surface area contributed by atoms with Crippen LogP contribution in [-0.4, -0.2) is 40.6 Å². The molecule has 1 atom stereocenters. The molecule has 2 fully saturated rings. The van der Waals surface area contributed by atoms with Gasteiger partial charge in [0, 0.05) is 19.1 Å². The van der Waals surface area contributed by atoms with Crippen molar-refractivity contribution in [3.63, 3.8) is 0 Å². The first-order valence-electron chi connectivity index (χ1n) is 6.92. The van der Waals surface area contributed by atoms with E-state index in [1.54, 1.807) is 6.20 Å². The molecule has 0 aromatic carbocycles. The zero-order valence-electron chi connectivity index (χ0n) is 10.6. The van der Waals surface area contributed by atoms with Crippen LogP contribution in [0.1, 0.15) is 54.2 Å². The third-order valence-corrected chi connectivity index (χ3v) is 3.95. The average molecular weight is 248 g/mol. The second-order valence-electron chi connectivity index (χ2n) is 5.20. The Hall–Kier alpha value is -1.36. The number of carbonyl (C=O) groups excluding carboxylic acids is 1. The molecule has 0 bridgehead atoms. The Balaban J connectivity index is 1.79. The fourth-order valence-electron chi connectivity index (χ4n) is 2.92. The number of H-pyrrole nitrogens is 1. The molecule has 2 N–H and O–H groups in total. The fourth-order valence-corrected chi connectivity index (χ4v) is 2.92. The second-order valence-corrected chi connectivity index (χ2v) is 5.20. The molecule has 1 amide bonds. The summed E-state index contributed by atoms with van der Waals surface area (Å²) in [5.41, 5.74) is 1.74. The number of nitrogens with zero attached hydrogens (tertiary/aromatic N) is 2. The van der Waals surface area contributed by atoms with Crippen molar-refractivity contribution in [2.75, 3.05) is 19.6 Å². The molecule has 0 aliphatic carbocycles. The SMILES string of the molecule is O=C(c1cn[nH]c1[C@H]1CCCCN1)N1CCCC1. The Morgan fingerprint density at radius 3 is 2.83 bits per heavy atom. The van der Waals surface area contributed by atoms with E-state index in [9.17, 15) is 4.79 Å². The predicted octanol–water partition coefficient (Wildman–Crippen LogP) is 1.46. The van der Waals surface area contributed by atoms with Crippen molar-refractivity contribution in [3.8, 4) is 0 Å². The normalized spacial score (nSPS) is 24.4. The summed E-state index contributed by atoms with van der Waals surface area (Å²) >= 11 is 0. The maximum absolute atomic E-state index is 12.4. The summed E-state index contributed by atoms with van der Waals surface area (Å²) in [7, 11) is 0. The van der Waals surface area contributed by atoms with E-state index in [1.165, 1.54) is 12.8 Å². The Morgan fingerprint density at radius 2 is 2.11 bits per heavy atom. The number of rotatable bonds is 2. The van der Waals surface area contributed by atoms with Crippen LogP contribution in [-0.2, 0) is 0 Å².